The van der Waals surface area contributed by atoms with E-state index in [0.717, 1.165) is 17.8 Å². The fourth-order valence-electron chi connectivity index (χ4n) is 3.81. The lowest BCUT2D eigenvalue weighted by atomic mass is 9.71. The van der Waals surface area contributed by atoms with Crippen molar-refractivity contribution >= 4 is 0 Å². The van der Waals surface area contributed by atoms with Gasteiger partial charge in [-0.2, -0.15) is 0 Å². The summed E-state index contributed by atoms with van der Waals surface area (Å²) < 4.78 is 0. The van der Waals surface area contributed by atoms with Crippen LogP contribution < -0.4 is 5.32 Å². The normalized spacial score (nSPS) is 27.1. The second kappa shape index (κ2) is 10.7. The quantitative estimate of drug-likeness (QED) is 0.500. The lowest BCUT2D eigenvalue weighted by Gasteiger charge is -2.36. The van der Waals surface area contributed by atoms with Crippen LogP contribution in [0.5, 0.6) is 0 Å². The Balaban J connectivity index is 2.32. The van der Waals surface area contributed by atoms with Crippen molar-refractivity contribution in [1.29, 1.82) is 0 Å². The van der Waals surface area contributed by atoms with Gasteiger partial charge in [0.1, 0.15) is 0 Å². The van der Waals surface area contributed by atoms with Crippen LogP contribution in [-0.2, 0) is 0 Å². The molecule has 3 atom stereocenters. The average molecular weight is 282 g/mol. The number of unbranched alkanes of at least 4 members (excludes halogenated alkanes) is 4. The van der Waals surface area contributed by atoms with E-state index in [1.54, 1.807) is 0 Å². The number of nitrogens with one attached hydrogen (secondary N) is 1. The number of rotatable bonds is 10. The molecule has 0 aliphatic heterocycles. The SMILES string of the molecule is CCCCCCCC1CC(CC)CCC1CNC(C)C. The van der Waals surface area contributed by atoms with E-state index in [4.69, 9.17) is 0 Å². The second-order valence-corrected chi connectivity index (χ2v) is 7.37. The molecule has 120 valence electrons. The first-order valence-electron chi connectivity index (χ1n) is 9.40. The van der Waals surface area contributed by atoms with Gasteiger partial charge in [-0.05, 0) is 37.1 Å². The van der Waals surface area contributed by atoms with E-state index in [9.17, 15) is 0 Å². The Morgan fingerprint density at radius 3 is 2.35 bits per heavy atom. The molecular formula is C19H39N. The van der Waals surface area contributed by atoms with Crippen LogP contribution in [0.3, 0.4) is 0 Å². The number of hydrogen-bond donors (Lipinski definition) is 1. The van der Waals surface area contributed by atoms with E-state index in [-0.39, 0.29) is 0 Å². The second-order valence-electron chi connectivity index (χ2n) is 7.37. The van der Waals surface area contributed by atoms with Gasteiger partial charge in [-0.3, -0.25) is 0 Å². The van der Waals surface area contributed by atoms with Gasteiger partial charge in [0.2, 0.25) is 0 Å². The first-order valence-corrected chi connectivity index (χ1v) is 9.40. The van der Waals surface area contributed by atoms with Gasteiger partial charge in [0.05, 0.1) is 0 Å². The molecule has 1 rings (SSSR count). The zero-order valence-corrected chi connectivity index (χ0v) is 14.6. The zero-order chi connectivity index (χ0) is 14.8. The average Bonchev–Trinajstić information content (AvgIpc) is 2.45. The third-order valence-corrected chi connectivity index (χ3v) is 5.29. The monoisotopic (exact) mass is 281 g/mol. The van der Waals surface area contributed by atoms with E-state index in [0.29, 0.717) is 6.04 Å². The molecule has 0 saturated heterocycles. The fraction of sp³-hybridized carbons (Fsp3) is 1.00. The largest absolute Gasteiger partial charge is 0.314 e. The highest BCUT2D eigenvalue weighted by Crippen LogP contribution is 2.38. The first-order chi connectivity index (χ1) is 9.67. The highest BCUT2D eigenvalue weighted by molar-refractivity contribution is 4.81. The third-order valence-electron chi connectivity index (χ3n) is 5.29. The summed E-state index contributed by atoms with van der Waals surface area (Å²) in [5.41, 5.74) is 0. The lowest BCUT2D eigenvalue weighted by Crippen LogP contribution is -2.36. The summed E-state index contributed by atoms with van der Waals surface area (Å²) in [6, 6.07) is 0.643. The van der Waals surface area contributed by atoms with Crippen molar-refractivity contribution < 1.29 is 0 Å². The Morgan fingerprint density at radius 1 is 0.950 bits per heavy atom. The maximum Gasteiger partial charge on any atom is 0.00104 e. The molecule has 3 unspecified atom stereocenters. The van der Waals surface area contributed by atoms with Crippen LogP contribution in [0.25, 0.3) is 0 Å². The Bertz CT molecular complexity index is 224. The predicted octanol–water partition coefficient (Wildman–Crippen LogP) is 5.79. The van der Waals surface area contributed by atoms with Crippen molar-refractivity contribution in [2.75, 3.05) is 6.54 Å². The third kappa shape index (κ3) is 7.11. The van der Waals surface area contributed by atoms with Crippen molar-refractivity contribution in [2.45, 2.75) is 97.9 Å². The van der Waals surface area contributed by atoms with Crippen LogP contribution in [-0.4, -0.2) is 12.6 Å². The molecule has 0 spiro atoms. The summed E-state index contributed by atoms with van der Waals surface area (Å²) in [5, 5.41) is 3.69. The van der Waals surface area contributed by atoms with Crippen LogP contribution in [0.2, 0.25) is 0 Å². The molecule has 1 saturated carbocycles. The summed E-state index contributed by atoms with van der Waals surface area (Å²) in [4.78, 5) is 0. The van der Waals surface area contributed by atoms with Crippen molar-refractivity contribution in [3.63, 3.8) is 0 Å². The van der Waals surface area contributed by atoms with Crippen LogP contribution in [0.4, 0.5) is 0 Å². The zero-order valence-electron chi connectivity index (χ0n) is 14.6. The smallest absolute Gasteiger partial charge is 0.00104 e. The van der Waals surface area contributed by atoms with E-state index in [2.05, 4.69) is 33.0 Å². The molecule has 1 fully saturated rings. The molecule has 1 heteroatoms. The van der Waals surface area contributed by atoms with Gasteiger partial charge in [0.25, 0.3) is 0 Å². The number of hydrogen-bond acceptors (Lipinski definition) is 1. The minimum Gasteiger partial charge on any atom is -0.314 e. The minimum atomic E-state index is 0.643. The van der Waals surface area contributed by atoms with Gasteiger partial charge in [-0.1, -0.05) is 79.1 Å². The summed E-state index contributed by atoms with van der Waals surface area (Å²) >= 11 is 0. The molecule has 0 heterocycles. The van der Waals surface area contributed by atoms with Crippen LogP contribution in [0.15, 0.2) is 0 Å². The maximum atomic E-state index is 3.69. The molecule has 1 aliphatic rings. The lowest BCUT2D eigenvalue weighted by molar-refractivity contribution is 0.158. The van der Waals surface area contributed by atoms with E-state index < -0.39 is 0 Å². The Hall–Kier alpha value is -0.0400. The minimum absolute atomic E-state index is 0.643. The molecule has 0 aromatic rings. The van der Waals surface area contributed by atoms with Gasteiger partial charge in [-0.25, -0.2) is 0 Å². The van der Waals surface area contributed by atoms with Crippen molar-refractivity contribution in [3.05, 3.63) is 0 Å². The fourth-order valence-corrected chi connectivity index (χ4v) is 3.81. The predicted molar refractivity (Wildman–Crippen MR) is 91.1 cm³/mol. The maximum absolute atomic E-state index is 3.69. The van der Waals surface area contributed by atoms with Crippen molar-refractivity contribution in [2.24, 2.45) is 17.8 Å². The van der Waals surface area contributed by atoms with Gasteiger partial charge < -0.3 is 5.32 Å². The van der Waals surface area contributed by atoms with Crippen LogP contribution in [0, 0.1) is 17.8 Å². The van der Waals surface area contributed by atoms with Crippen LogP contribution >= 0.6 is 0 Å². The summed E-state index contributed by atoms with van der Waals surface area (Å²) in [5.74, 6) is 2.97. The summed E-state index contributed by atoms with van der Waals surface area (Å²) in [7, 11) is 0. The van der Waals surface area contributed by atoms with E-state index in [1.807, 2.05) is 0 Å². The molecule has 1 N–H and O–H groups in total. The van der Waals surface area contributed by atoms with Gasteiger partial charge in [0.15, 0.2) is 0 Å². The molecular weight excluding hydrogens is 242 g/mol. The molecule has 0 amide bonds. The molecule has 1 nitrogen and oxygen atoms in total. The van der Waals surface area contributed by atoms with Crippen molar-refractivity contribution in [3.8, 4) is 0 Å². The highest BCUT2D eigenvalue weighted by atomic mass is 14.9. The Morgan fingerprint density at radius 2 is 1.70 bits per heavy atom. The summed E-state index contributed by atoms with van der Waals surface area (Å²) in [6.07, 6.45) is 14.5. The van der Waals surface area contributed by atoms with E-state index >= 15 is 0 Å². The molecule has 0 bridgehead atoms. The topological polar surface area (TPSA) is 12.0 Å². The van der Waals surface area contributed by atoms with Gasteiger partial charge >= 0.3 is 0 Å². The molecule has 0 aromatic heterocycles. The molecule has 20 heavy (non-hydrogen) atoms. The van der Waals surface area contributed by atoms with Crippen LogP contribution in [0.1, 0.15) is 91.9 Å². The Kier molecular flexibility index (Phi) is 9.59. The first kappa shape index (κ1) is 18.0. The van der Waals surface area contributed by atoms with Crippen molar-refractivity contribution in [1.82, 2.24) is 5.32 Å². The Labute approximate surface area is 128 Å². The highest BCUT2D eigenvalue weighted by Gasteiger charge is 2.29. The molecule has 0 aromatic carbocycles. The van der Waals surface area contributed by atoms with E-state index in [1.165, 1.54) is 70.8 Å². The molecule has 1 aliphatic carbocycles. The standard InChI is InChI=1S/C19H39N/c1-5-7-8-9-10-11-18-14-17(6-2)12-13-19(18)15-20-16(3)4/h16-20H,5-15H2,1-4H3. The summed E-state index contributed by atoms with van der Waals surface area (Å²) in [6.45, 7) is 10.5. The molecule has 0 radical (unpaired) electrons. The van der Waals surface area contributed by atoms with Gasteiger partial charge in [0, 0.05) is 6.04 Å². The van der Waals surface area contributed by atoms with Gasteiger partial charge in [-0.15, -0.1) is 0 Å².